The minimum atomic E-state index is -1.87. The van der Waals surface area contributed by atoms with Crippen molar-refractivity contribution in [3.05, 3.63) is 158 Å². The number of pyridine rings is 2. The standard InChI is InChI=1S/C32H37N5Si.C23H17N5.CH4.Cs.FH/c1-21(2)38(22(3)4,23(5)6)37-16-14-26-17-27(19-33-31(26)37)25-11-12-29-28(18-25)32(35-20-34-29)36-15-13-24-9-7-8-10-30(24)36;1-2-4-21-15(3-1)8-10-28(21)23-19-12-16(5-6-20(19)26-14-27-23)18-11-17-7-9-24-22(17)25-13-18;;;/h7-12,14,16-23H,13,15H2,1-6H3;1-7,9,11-14H,8,10H2,(H,24,25);1H4;;1H/q;;;+1;/p-1. The van der Waals surface area contributed by atoms with E-state index in [9.17, 15) is 0 Å². The Bertz CT molecular complexity index is 3420. The van der Waals surface area contributed by atoms with Crippen molar-refractivity contribution < 1.29 is 73.6 Å². The molecule has 0 bridgehead atoms. The van der Waals surface area contributed by atoms with E-state index in [1.165, 1.54) is 27.9 Å². The number of rotatable bonds is 8. The average Bonchev–Trinajstić information content (AvgIpc) is 4.17. The Labute approximate surface area is 464 Å². The molecule has 8 heterocycles. The van der Waals surface area contributed by atoms with E-state index >= 15 is 0 Å². The number of H-pyrrole nitrogens is 1. The molecule has 10 nitrogen and oxygen atoms in total. The van der Waals surface area contributed by atoms with E-state index in [-0.39, 0.29) is 81.0 Å². The van der Waals surface area contributed by atoms with Crippen molar-refractivity contribution in [1.29, 1.82) is 0 Å². The second kappa shape index (κ2) is 20.6. The van der Waals surface area contributed by atoms with E-state index in [1.54, 1.807) is 12.7 Å². The summed E-state index contributed by atoms with van der Waals surface area (Å²) in [7, 11) is -1.87. The van der Waals surface area contributed by atoms with Crippen LogP contribution in [0.1, 0.15) is 60.1 Å². The third kappa shape index (κ3) is 8.85. The minimum absolute atomic E-state index is 0. The number of halogens is 1. The summed E-state index contributed by atoms with van der Waals surface area (Å²) in [6.07, 6.45) is 13.6. The van der Waals surface area contributed by atoms with Crippen LogP contribution < -0.4 is 83.4 Å². The maximum Gasteiger partial charge on any atom is 1.00 e. The molecule has 344 valence electrons. The van der Waals surface area contributed by atoms with Crippen LogP contribution in [0.25, 0.3) is 66.1 Å². The van der Waals surface area contributed by atoms with Crippen LogP contribution >= 0.6 is 0 Å². The summed E-state index contributed by atoms with van der Waals surface area (Å²) < 4.78 is 2.59. The first-order valence-corrected chi connectivity index (χ1v) is 25.5. The molecule has 0 amide bonds. The first-order valence-electron chi connectivity index (χ1n) is 23.3. The normalized spacial score (nSPS) is 13.1. The number of aromatic amines is 1. The Morgan fingerprint density at radius 2 is 1.04 bits per heavy atom. The zero-order chi connectivity index (χ0) is 45.1. The number of anilines is 4. The van der Waals surface area contributed by atoms with E-state index in [0.717, 1.165) is 98.3 Å². The van der Waals surface area contributed by atoms with Crippen LogP contribution in [-0.2, 0) is 12.8 Å². The maximum atomic E-state index is 5.10. The molecule has 2 aliphatic rings. The van der Waals surface area contributed by atoms with Gasteiger partial charge >= 0.3 is 68.9 Å². The molecule has 0 unspecified atom stereocenters. The van der Waals surface area contributed by atoms with Crippen LogP contribution in [0.3, 0.4) is 0 Å². The number of benzene rings is 4. The quantitative estimate of drug-likeness (QED) is 0.154. The summed E-state index contributed by atoms with van der Waals surface area (Å²) in [5.74, 6) is 1.94. The van der Waals surface area contributed by atoms with E-state index in [4.69, 9.17) is 9.97 Å². The number of fused-ring (bicyclic) bond motifs is 6. The van der Waals surface area contributed by atoms with Gasteiger partial charge in [0.15, 0.2) is 8.24 Å². The summed E-state index contributed by atoms with van der Waals surface area (Å²) >= 11 is 0. The summed E-state index contributed by atoms with van der Waals surface area (Å²) in [6, 6.07) is 38.8. The van der Waals surface area contributed by atoms with Crippen molar-refractivity contribution >= 4 is 75.1 Å². The van der Waals surface area contributed by atoms with E-state index < -0.39 is 8.24 Å². The van der Waals surface area contributed by atoms with Crippen LogP contribution in [0.4, 0.5) is 23.0 Å². The summed E-state index contributed by atoms with van der Waals surface area (Å²) in [4.78, 5) is 35.9. The topological polar surface area (TPSA) is 105 Å². The van der Waals surface area contributed by atoms with Gasteiger partial charge < -0.3 is 23.7 Å². The number of nitrogens with one attached hydrogen (secondary N) is 1. The zero-order valence-corrected chi connectivity index (χ0v) is 47.1. The molecular weight excluding hydrogens is 993 g/mol. The van der Waals surface area contributed by atoms with Crippen molar-refractivity contribution in [2.45, 2.75) is 78.4 Å². The fourth-order valence-corrected chi connectivity index (χ4v) is 18.0. The molecule has 69 heavy (non-hydrogen) atoms. The average molecular weight is 1050 g/mol. The van der Waals surface area contributed by atoms with Crippen LogP contribution in [0, 0.1) is 0 Å². The van der Waals surface area contributed by atoms with Gasteiger partial charge in [0.05, 0.1) is 11.0 Å². The molecule has 0 saturated heterocycles. The number of hydrogen-bond donors (Lipinski definition) is 1. The Morgan fingerprint density at radius 1 is 0.536 bits per heavy atom. The largest absolute Gasteiger partial charge is 1.00 e. The van der Waals surface area contributed by atoms with E-state index in [1.807, 2.05) is 18.5 Å². The van der Waals surface area contributed by atoms with Gasteiger partial charge in [0.2, 0.25) is 0 Å². The van der Waals surface area contributed by atoms with Gasteiger partial charge in [-0.1, -0.05) is 97.5 Å². The van der Waals surface area contributed by atoms with Gasteiger partial charge in [0, 0.05) is 75.7 Å². The Balaban J connectivity index is 0.000000185. The number of hydrogen-bond acceptors (Lipinski definition) is 8. The fraction of sp³-hybridized carbons (Fsp3) is 0.250. The monoisotopic (exact) mass is 1050 g/mol. The molecule has 6 aromatic heterocycles. The van der Waals surface area contributed by atoms with Gasteiger partial charge in [-0.3, -0.25) is 0 Å². The predicted molar refractivity (Wildman–Crippen MR) is 280 cm³/mol. The first-order chi connectivity index (χ1) is 32.2. The van der Waals surface area contributed by atoms with Gasteiger partial charge in [-0.25, -0.2) is 29.9 Å². The third-order valence-corrected chi connectivity index (χ3v) is 21.0. The van der Waals surface area contributed by atoms with Crippen molar-refractivity contribution in [2.75, 3.05) is 22.9 Å². The van der Waals surface area contributed by atoms with Gasteiger partial charge in [0.1, 0.15) is 35.6 Å². The molecule has 13 heteroatoms. The summed E-state index contributed by atoms with van der Waals surface area (Å²) in [5.41, 5.74) is 15.5. The Morgan fingerprint density at radius 3 is 1.58 bits per heavy atom. The Hall–Kier alpha value is -5.26. The van der Waals surface area contributed by atoms with Crippen LogP contribution in [0.15, 0.2) is 147 Å². The molecule has 12 rings (SSSR count). The predicted octanol–water partition coefficient (Wildman–Crippen LogP) is 7.88. The molecule has 4 aromatic carbocycles. The van der Waals surface area contributed by atoms with Gasteiger partial charge in [-0.15, -0.1) is 0 Å². The molecule has 2 aliphatic heterocycles. The molecule has 0 radical (unpaired) electrons. The summed E-state index contributed by atoms with van der Waals surface area (Å²) in [5, 5.41) is 4.45. The second-order valence-electron chi connectivity index (χ2n) is 18.7. The molecule has 0 saturated carbocycles. The maximum absolute atomic E-state index is 5.10. The van der Waals surface area contributed by atoms with Gasteiger partial charge in [-0.2, -0.15) is 0 Å². The van der Waals surface area contributed by atoms with Crippen LogP contribution in [0.5, 0.6) is 0 Å². The van der Waals surface area contributed by atoms with Crippen molar-refractivity contribution in [3.8, 4) is 22.3 Å². The van der Waals surface area contributed by atoms with Gasteiger partial charge in [0.25, 0.3) is 0 Å². The molecule has 0 atom stereocenters. The molecular formula is C56H58CsFN10Si. The summed E-state index contributed by atoms with van der Waals surface area (Å²) in [6.45, 7) is 16.3. The molecule has 0 fully saturated rings. The van der Waals surface area contributed by atoms with Crippen molar-refractivity contribution in [3.63, 3.8) is 0 Å². The number of aromatic nitrogens is 8. The van der Waals surface area contributed by atoms with Crippen LogP contribution in [0.2, 0.25) is 16.6 Å². The molecule has 0 spiro atoms. The van der Waals surface area contributed by atoms with Gasteiger partial charge in [-0.05, 0) is 119 Å². The molecule has 1 N–H and O–H groups in total. The van der Waals surface area contributed by atoms with E-state index in [2.05, 4.69) is 196 Å². The second-order valence-corrected chi connectivity index (χ2v) is 24.5. The zero-order valence-electron chi connectivity index (χ0n) is 39.8. The fourth-order valence-electron chi connectivity index (χ4n) is 11.4. The minimum Gasteiger partial charge on any atom is -1.00 e. The Kier molecular flexibility index (Phi) is 15.0. The smallest absolute Gasteiger partial charge is 1.00 e. The van der Waals surface area contributed by atoms with Crippen molar-refractivity contribution in [1.82, 2.24) is 39.1 Å². The van der Waals surface area contributed by atoms with Crippen molar-refractivity contribution in [2.24, 2.45) is 0 Å². The SMILES string of the molecule is C.CC(C)[Si](C(C)C)(C(C)C)n1ccc2cc(-c3ccc4ncnc(N5CCc6ccccc65)c4c3)cnc21.[Cs+].[F-].c1ccc2c(c1)CCN2c1ncnc2ccc(-c3cnc4[nH]ccc4c3)cc12. The first kappa shape index (κ1) is 50.1. The van der Waals surface area contributed by atoms with E-state index in [0.29, 0.717) is 16.6 Å². The number of nitrogens with zero attached hydrogens (tertiary/aromatic N) is 9. The molecule has 0 aliphatic carbocycles. The van der Waals surface area contributed by atoms with Crippen LogP contribution in [-0.4, -0.2) is 60.4 Å². The third-order valence-electron chi connectivity index (χ3n) is 14.3. The molecule has 10 aromatic rings. The number of para-hydroxylation sites is 2.